The molecule has 1 aliphatic heterocycles. The van der Waals surface area contributed by atoms with Gasteiger partial charge in [-0.1, -0.05) is 18.2 Å². The summed E-state index contributed by atoms with van der Waals surface area (Å²) in [5.41, 5.74) is 1.42. The lowest BCUT2D eigenvalue weighted by Gasteiger charge is -2.30. The summed E-state index contributed by atoms with van der Waals surface area (Å²) in [7, 11) is -4.37. The van der Waals surface area contributed by atoms with Crippen LogP contribution in [-0.2, 0) is 16.6 Å². The molecule has 4 nitrogen and oxygen atoms in total. The molecule has 1 saturated heterocycles. The maximum absolute atomic E-state index is 14.0. The molecule has 2 heterocycles. The fourth-order valence-corrected chi connectivity index (χ4v) is 4.63. The molecular formula is C18H16F2N2O2S. The van der Waals surface area contributed by atoms with E-state index < -0.39 is 26.6 Å². The summed E-state index contributed by atoms with van der Waals surface area (Å²) in [4.78, 5) is 1.33. The van der Waals surface area contributed by atoms with Crippen LogP contribution in [0.3, 0.4) is 0 Å². The zero-order chi connectivity index (χ0) is 17.6. The maximum Gasteiger partial charge on any atom is 0.274 e. The molecule has 7 heteroatoms. The Kier molecular flexibility index (Phi) is 3.85. The number of nitrogens with zero attached hydrogens (tertiary/aromatic N) is 2. The van der Waals surface area contributed by atoms with Gasteiger partial charge in [0.05, 0.1) is 5.52 Å². The summed E-state index contributed by atoms with van der Waals surface area (Å²) in [5.74, 6) is -2.20. The number of aromatic nitrogens is 1. The molecule has 2 aromatic carbocycles. The molecule has 0 aliphatic carbocycles. The number of benzene rings is 2. The van der Waals surface area contributed by atoms with E-state index in [1.807, 2.05) is 6.07 Å². The van der Waals surface area contributed by atoms with Crippen LogP contribution < -0.4 is 0 Å². The molecule has 1 aliphatic rings. The fraction of sp³-hybridized carbons (Fsp3) is 0.222. The van der Waals surface area contributed by atoms with Crippen LogP contribution >= 0.6 is 0 Å². The standard InChI is InChI=1S/C18H16F2N2O2S/c19-15-5-2-6-16(20)18(15)25(23,24)22-11-8-14-13(4-1-7-17(14)22)12-21-9-3-10-21/h1-2,4-8,11H,3,9-10,12H2. The van der Waals surface area contributed by atoms with Gasteiger partial charge in [0.15, 0.2) is 4.90 Å². The lowest BCUT2D eigenvalue weighted by molar-refractivity contribution is 0.173. The first-order valence-electron chi connectivity index (χ1n) is 7.99. The van der Waals surface area contributed by atoms with Crippen LogP contribution in [0.25, 0.3) is 10.9 Å². The molecule has 0 amide bonds. The molecule has 0 unspecified atom stereocenters. The molecule has 1 fully saturated rings. The molecule has 1 aromatic heterocycles. The third-order valence-corrected chi connectivity index (χ3v) is 6.31. The van der Waals surface area contributed by atoms with Gasteiger partial charge in [-0.3, -0.25) is 4.90 Å². The molecule has 0 saturated carbocycles. The quantitative estimate of drug-likeness (QED) is 0.715. The van der Waals surface area contributed by atoms with E-state index in [-0.39, 0.29) is 0 Å². The van der Waals surface area contributed by atoms with E-state index in [1.54, 1.807) is 18.2 Å². The molecule has 0 spiro atoms. The van der Waals surface area contributed by atoms with Gasteiger partial charge in [0, 0.05) is 18.1 Å². The highest BCUT2D eigenvalue weighted by Gasteiger charge is 2.27. The van der Waals surface area contributed by atoms with Crippen LogP contribution in [0.5, 0.6) is 0 Å². The Morgan fingerprint density at radius 2 is 1.64 bits per heavy atom. The zero-order valence-corrected chi connectivity index (χ0v) is 14.1. The summed E-state index contributed by atoms with van der Waals surface area (Å²) >= 11 is 0. The van der Waals surface area contributed by atoms with E-state index in [0.29, 0.717) is 5.52 Å². The summed E-state index contributed by atoms with van der Waals surface area (Å²) in [6.45, 7) is 2.78. The van der Waals surface area contributed by atoms with Crippen molar-refractivity contribution in [2.24, 2.45) is 0 Å². The minimum absolute atomic E-state index is 0.417. The fourth-order valence-electron chi connectivity index (χ4n) is 3.16. The molecule has 0 radical (unpaired) electrons. The van der Waals surface area contributed by atoms with Crippen molar-refractivity contribution in [3.8, 4) is 0 Å². The first-order valence-corrected chi connectivity index (χ1v) is 9.43. The topological polar surface area (TPSA) is 42.3 Å². The van der Waals surface area contributed by atoms with Gasteiger partial charge in [0.1, 0.15) is 11.6 Å². The Hall–Kier alpha value is -2.25. The zero-order valence-electron chi connectivity index (χ0n) is 13.3. The lowest BCUT2D eigenvalue weighted by Crippen LogP contribution is -2.36. The Bertz CT molecular complexity index is 1040. The normalized spacial score (nSPS) is 15.4. The van der Waals surface area contributed by atoms with Gasteiger partial charge in [-0.25, -0.2) is 21.2 Å². The van der Waals surface area contributed by atoms with Gasteiger partial charge in [-0.2, -0.15) is 0 Å². The lowest BCUT2D eigenvalue weighted by atomic mass is 10.1. The SMILES string of the molecule is O=S(=O)(c1c(F)cccc1F)n1ccc2c(CN3CCC3)cccc21. The highest BCUT2D eigenvalue weighted by Crippen LogP contribution is 2.28. The third kappa shape index (κ3) is 2.63. The van der Waals surface area contributed by atoms with Gasteiger partial charge in [0.25, 0.3) is 10.0 Å². The summed E-state index contributed by atoms with van der Waals surface area (Å²) in [5, 5.41) is 0.773. The predicted octanol–water partition coefficient (Wildman–Crippen LogP) is 3.36. The van der Waals surface area contributed by atoms with Gasteiger partial charge >= 0.3 is 0 Å². The molecule has 25 heavy (non-hydrogen) atoms. The molecular weight excluding hydrogens is 346 g/mol. The van der Waals surface area contributed by atoms with Crippen LogP contribution in [0.2, 0.25) is 0 Å². The predicted molar refractivity (Wildman–Crippen MR) is 90.8 cm³/mol. The van der Waals surface area contributed by atoms with E-state index in [1.165, 1.54) is 6.20 Å². The molecule has 3 aromatic rings. The number of fused-ring (bicyclic) bond motifs is 1. The highest BCUT2D eigenvalue weighted by molar-refractivity contribution is 7.90. The monoisotopic (exact) mass is 362 g/mol. The van der Waals surface area contributed by atoms with Gasteiger partial charge in [-0.05, 0) is 49.3 Å². The van der Waals surface area contributed by atoms with Gasteiger partial charge in [-0.15, -0.1) is 0 Å². The largest absolute Gasteiger partial charge is 0.299 e. The number of likely N-dealkylation sites (tertiary alicyclic amines) is 1. The maximum atomic E-state index is 14.0. The summed E-state index contributed by atoms with van der Waals surface area (Å²) < 4.78 is 54.6. The second-order valence-electron chi connectivity index (χ2n) is 6.15. The van der Waals surface area contributed by atoms with E-state index >= 15 is 0 Å². The van der Waals surface area contributed by atoms with Crippen molar-refractivity contribution in [1.82, 2.24) is 8.87 Å². The molecule has 0 bridgehead atoms. The molecule has 130 valence electrons. The Morgan fingerprint density at radius 3 is 2.28 bits per heavy atom. The second-order valence-corrected chi connectivity index (χ2v) is 7.90. The van der Waals surface area contributed by atoms with Crippen molar-refractivity contribution < 1.29 is 17.2 Å². The molecule has 0 atom stereocenters. The minimum Gasteiger partial charge on any atom is -0.299 e. The van der Waals surface area contributed by atoms with Gasteiger partial charge in [0.2, 0.25) is 0 Å². The minimum atomic E-state index is -4.37. The van der Waals surface area contributed by atoms with Crippen molar-refractivity contribution >= 4 is 20.9 Å². The van der Waals surface area contributed by atoms with Gasteiger partial charge < -0.3 is 0 Å². The molecule has 4 rings (SSSR count). The Labute approximate surface area is 144 Å². The number of hydrogen-bond donors (Lipinski definition) is 0. The number of hydrogen-bond acceptors (Lipinski definition) is 3. The third-order valence-electron chi connectivity index (χ3n) is 4.57. The first kappa shape index (κ1) is 16.2. The summed E-state index contributed by atoms with van der Waals surface area (Å²) in [6.07, 6.45) is 2.52. The van der Waals surface area contributed by atoms with E-state index in [9.17, 15) is 17.2 Å². The Balaban J connectivity index is 1.85. The number of halogens is 2. The van der Waals surface area contributed by atoms with Crippen molar-refractivity contribution in [2.75, 3.05) is 13.1 Å². The van der Waals surface area contributed by atoms with Crippen LogP contribution in [-0.4, -0.2) is 30.4 Å². The first-order chi connectivity index (χ1) is 12.0. The van der Waals surface area contributed by atoms with Crippen LogP contribution in [0.4, 0.5) is 8.78 Å². The van der Waals surface area contributed by atoms with Crippen molar-refractivity contribution in [2.45, 2.75) is 17.9 Å². The average Bonchev–Trinajstić information content (AvgIpc) is 2.96. The van der Waals surface area contributed by atoms with E-state index in [4.69, 9.17) is 0 Å². The Morgan fingerprint density at radius 1 is 0.960 bits per heavy atom. The van der Waals surface area contributed by atoms with E-state index in [2.05, 4.69) is 4.90 Å². The van der Waals surface area contributed by atoms with Crippen molar-refractivity contribution in [3.05, 3.63) is 65.9 Å². The van der Waals surface area contributed by atoms with Crippen molar-refractivity contribution in [1.29, 1.82) is 0 Å². The van der Waals surface area contributed by atoms with Crippen LogP contribution in [0, 0.1) is 11.6 Å². The molecule has 0 N–H and O–H groups in total. The average molecular weight is 362 g/mol. The summed E-state index contributed by atoms with van der Waals surface area (Å²) in [6, 6.07) is 10.1. The van der Waals surface area contributed by atoms with Crippen molar-refractivity contribution in [3.63, 3.8) is 0 Å². The highest BCUT2D eigenvalue weighted by atomic mass is 32.2. The van der Waals surface area contributed by atoms with Crippen LogP contribution in [0.15, 0.2) is 53.6 Å². The van der Waals surface area contributed by atoms with Crippen LogP contribution in [0.1, 0.15) is 12.0 Å². The number of rotatable bonds is 4. The second kappa shape index (κ2) is 5.93. The smallest absolute Gasteiger partial charge is 0.274 e. The van der Waals surface area contributed by atoms with E-state index in [0.717, 1.165) is 59.2 Å².